The molecule has 0 saturated heterocycles. The molecule has 1 heterocycles. The molecular formula is C65H64BrN7O8. The van der Waals surface area contributed by atoms with Crippen molar-refractivity contribution in [1.82, 2.24) is 10.1 Å². The number of rotatable bonds is 5. The van der Waals surface area contributed by atoms with E-state index in [-0.39, 0.29) is 29.6 Å². The maximum atomic E-state index is 11.5. The van der Waals surface area contributed by atoms with E-state index in [0.29, 0.717) is 52.9 Å². The number of benzene rings is 6. The van der Waals surface area contributed by atoms with Crippen molar-refractivity contribution < 1.29 is 39.4 Å². The van der Waals surface area contributed by atoms with Crippen LogP contribution in [0.15, 0.2) is 123 Å². The molecule has 1 aromatic heterocycles. The lowest BCUT2D eigenvalue weighted by atomic mass is 9.86. The number of oxime groups is 1. The van der Waals surface area contributed by atoms with Gasteiger partial charge in [-0.2, -0.15) is 4.98 Å². The van der Waals surface area contributed by atoms with E-state index in [4.69, 9.17) is 39.9 Å². The monoisotopic (exact) mass is 1150 g/mol. The first-order valence-corrected chi connectivity index (χ1v) is 28.1. The van der Waals surface area contributed by atoms with Crippen LogP contribution in [0.1, 0.15) is 167 Å². The van der Waals surface area contributed by atoms with E-state index in [1.165, 1.54) is 5.56 Å². The van der Waals surface area contributed by atoms with E-state index in [1.807, 2.05) is 98.8 Å². The first-order chi connectivity index (χ1) is 39.2. The minimum Gasteiger partial charge on any atom is -0.502 e. The number of carbonyl (C=O) groups excluding carboxylic acids is 2. The van der Waals surface area contributed by atoms with Gasteiger partial charge in [0, 0.05) is 45.1 Å². The molecule has 0 fully saturated rings. The molecular weight excluding hydrogens is 1090 g/mol. The molecule has 0 saturated carbocycles. The highest BCUT2D eigenvalue weighted by Crippen LogP contribution is 2.39. The van der Waals surface area contributed by atoms with Gasteiger partial charge in [-0.1, -0.05) is 111 Å². The molecule has 3 atom stereocenters. The highest BCUT2D eigenvalue weighted by atomic mass is 79.9. The van der Waals surface area contributed by atoms with Crippen molar-refractivity contribution in [1.29, 1.82) is 0 Å². The van der Waals surface area contributed by atoms with Crippen LogP contribution in [0.2, 0.25) is 0 Å². The average molecular weight is 1150 g/mol. The molecule has 15 nitrogen and oxygen atoms in total. The molecule has 7 aromatic rings. The van der Waals surface area contributed by atoms with Gasteiger partial charge in [0.2, 0.25) is 11.5 Å². The third kappa shape index (κ3) is 14.0. The van der Waals surface area contributed by atoms with Crippen LogP contribution in [0.5, 0.6) is 5.75 Å². The quantitative estimate of drug-likeness (QED) is 0.0359. The van der Waals surface area contributed by atoms with E-state index >= 15 is 0 Å². The van der Waals surface area contributed by atoms with Crippen LogP contribution in [0.3, 0.4) is 0 Å². The molecule has 414 valence electrons. The minimum atomic E-state index is -0.440. The van der Waals surface area contributed by atoms with Gasteiger partial charge in [-0.3, -0.25) is 9.59 Å². The van der Waals surface area contributed by atoms with Crippen molar-refractivity contribution in [2.75, 3.05) is 0 Å². The fourth-order valence-electron chi connectivity index (χ4n) is 11.0. The van der Waals surface area contributed by atoms with Crippen LogP contribution in [-0.2, 0) is 32.1 Å². The second-order valence-electron chi connectivity index (χ2n) is 20.5. The number of fused-ring (bicyclic) bond motifs is 5. The Morgan fingerprint density at radius 3 is 1.72 bits per heavy atom. The number of amidine groups is 1. The highest BCUT2D eigenvalue weighted by Gasteiger charge is 2.26. The third-order valence-corrected chi connectivity index (χ3v) is 15.7. The predicted molar refractivity (Wildman–Crippen MR) is 314 cm³/mol. The van der Waals surface area contributed by atoms with Crippen LogP contribution in [0.25, 0.3) is 37.4 Å². The number of aliphatic hydroxyl groups excluding tert-OH is 3. The third-order valence-electron chi connectivity index (χ3n) is 14.9. The summed E-state index contributed by atoms with van der Waals surface area (Å²) in [5.41, 5.74) is 19.4. The smallest absolute Gasteiger partial charge is 0.256 e. The molecule has 0 unspecified atom stereocenters. The Morgan fingerprint density at radius 1 is 0.617 bits per heavy atom. The van der Waals surface area contributed by atoms with Crippen molar-refractivity contribution in [3.63, 3.8) is 0 Å². The summed E-state index contributed by atoms with van der Waals surface area (Å²) in [7, 11) is 0. The van der Waals surface area contributed by atoms with Gasteiger partial charge < -0.3 is 35.5 Å². The molecule has 0 amide bonds. The van der Waals surface area contributed by atoms with Crippen LogP contribution >= 0.6 is 15.9 Å². The number of hydrogen-bond acceptors (Lipinski definition) is 11. The van der Waals surface area contributed by atoms with Crippen molar-refractivity contribution in [3.05, 3.63) is 209 Å². The Bertz CT molecular complexity index is 3590. The van der Waals surface area contributed by atoms with E-state index in [2.05, 4.69) is 45.8 Å². The molecule has 5 aliphatic carbocycles. The molecule has 12 rings (SSSR count). The van der Waals surface area contributed by atoms with Gasteiger partial charge in [0.15, 0.2) is 28.8 Å². The lowest BCUT2D eigenvalue weighted by molar-refractivity contribution is 0.0964. The van der Waals surface area contributed by atoms with Gasteiger partial charge in [0.1, 0.15) is 5.75 Å². The average Bonchev–Trinajstić information content (AvgIpc) is 4.02. The minimum absolute atomic E-state index is 0.0130. The molecule has 0 aliphatic heterocycles. The predicted octanol–water partition coefficient (Wildman–Crippen LogP) is 14.6. The summed E-state index contributed by atoms with van der Waals surface area (Å²) < 4.78 is 12.2. The Labute approximate surface area is 480 Å². The van der Waals surface area contributed by atoms with Crippen LogP contribution in [0.4, 0.5) is 17.1 Å². The standard InChI is InChI=1S/C22H21N3O3.C11H14N2O2.C11H11NO.C11H9NO.C10H9BrO/c1-13(2)27-20-11-10-14(12-18(20)23-3)22-24-21(25-28-22)17-8-4-7-16-15(17)6-5-9-19(16)26;12-11(13-15)9-5-1-4-8-7(9)3-2-6-10(8)14;2*1-12-10-6-2-5-9-8(10)4-3-7-11(9)13;11-9-5-1-4-8-7(9)3-2-6-10(8)12/h4,7-8,10-13,19,26H,5-6,9H2,1-2H3;1,4-5,10,14-15H,2-3,6H2,(H2,12,13);2,5-6,11,13H,3-4,7H2;2,5-6H,3-4,7H2;1,4-5H,2-3,6H2/t19-;10-;11-;;/m111../s1. The zero-order valence-electron chi connectivity index (χ0n) is 45.4. The SMILES string of the molecule is NC(=NO)c1cccc2c1CCC[C@H]2O.O=C1CCCc2c(Br)cccc21.[C-]#[N+]c1cc(-c2nc(-c3cccc4c3CCC[C@H]4O)no2)ccc1OC(C)C.[C-]#[N+]c1cccc2c1CCCC2=O.[C-]#[N+]c1cccc2c1CCC[C@H]2O. The molecule has 6 aromatic carbocycles. The first kappa shape index (κ1) is 58.8. The number of aliphatic hydroxyl groups is 3. The van der Waals surface area contributed by atoms with Crippen molar-refractivity contribution in [2.24, 2.45) is 10.9 Å². The molecule has 5 aliphatic rings. The summed E-state index contributed by atoms with van der Waals surface area (Å²) in [4.78, 5) is 37.8. The van der Waals surface area contributed by atoms with Gasteiger partial charge in [-0.05, 0) is 166 Å². The number of nitrogens with two attached hydrogens (primary N) is 1. The van der Waals surface area contributed by atoms with Crippen molar-refractivity contribution in [3.8, 4) is 28.6 Å². The summed E-state index contributed by atoms with van der Waals surface area (Å²) in [5, 5.41) is 45.5. The Kier molecular flexibility index (Phi) is 20.1. The van der Waals surface area contributed by atoms with E-state index in [9.17, 15) is 24.9 Å². The summed E-state index contributed by atoms with van der Waals surface area (Å²) in [6.45, 7) is 25.2. The van der Waals surface area contributed by atoms with Crippen molar-refractivity contribution >= 4 is 50.4 Å². The van der Waals surface area contributed by atoms with Gasteiger partial charge in [0.05, 0.1) is 44.1 Å². The van der Waals surface area contributed by atoms with E-state index < -0.39 is 12.2 Å². The lowest BCUT2D eigenvalue weighted by Crippen LogP contribution is -2.19. The Hall–Kier alpha value is -8.30. The topological polar surface area (TPSA) is 215 Å². The summed E-state index contributed by atoms with van der Waals surface area (Å²) in [6, 6.07) is 33.4. The van der Waals surface area contributed by atoms with Gasteiger partial charge >= 0.3 is 0 Å². The maximum Gasteiger partial charge on any atom is 0.256 e. The first-order valence-electron chi connectivity index (χ1n) is 27.4. The number of aromatic nitrogens is 2. The number of ketones is 2. The molecule has 0 bridgehead atoms. The Balaban J connectivity index is 0.000000140. The second kappa shape index (κ2) is 27.7. The summed E-state index contributed by atoms with van der Waals surface area (Å²) >= 11 is 3.46. The number of nitrogens with zero attached hydrogens (tertiary/aromatic N) is 6. The number of hydrogen-bond donors (Lipinski definition) is 5. The number of carbonyl (C=O) groups is 2. The van der Waals surface area contributed by atoms with Crippen molar-refractivity contribution in [2.45, 2.75) is 135 Å². The largest absolute Gasteiger partial charge is 0.502 e. The normalized spacial score (nSPS) is 17.4. The summed E-state index contributed by atoms with van der Waals surface area (Å²) in [6.07, 6.45) is 11.8. The van der Waals surface area contributed by atoms with Crippen LogP contribution < -0.4 is 10.5 Å². The molecule has 16 heteroatoms. The van der Waals surface area contributed by atoms with Crippen LogP contribution in [-0.4, -0.2) is 54.2 Å². The molecule has 0 radical (unpaired) electrons. The maximum absolute atomic E-state index is 11.5. The lowest BCUT2D eigenvalue weighted by Gasteiger charge is -2.23. The molecule has 6 N–H and O–H groups in total. The molecule has 0 spiro atoms. The number of Topliss-reactive ketones (excluding diaryl/α,β-unsaturated/α-hetero) is 2. The fourth-order valence-corrected chi connectivity index (χ4v) is 11.6. The second-order valence-corrected chi connectivity index (χ2v) is 21.4. The number of ether oxygens (including phenoxy) is 1. The van der Waals surface area contributed by atoms with E-state index in [0.717, 1.165) is 149 Å². The van der Waals surface area contributed by atoms with Gasteiger partial charge in [-0.15, -0.1) is 0 Å². The van der Waals surface area contributed by atoms with Gasteiger partial charge in [-0.25, -0.2) is 14.5 Å². The zero-order chi connectivity index (χ0) is 57.6. The van der Waals surface area contributed by atoms with Gasteiger partial charge in [0.25, 0.3) is 5.89 Å². The fraction of sp³-hybridized carbons (Fsp3) is 0.323. The molecule has 81 heavy (non-hydrogen) atoms. The Morgan fingerprint density at radius 2 is 1.11 bits per heavy atom. The van der Waals surface area contributed by atoms with E-state index in [1.54, 1.807) is 24.3 Å². The highest BCUT2D eigenvalue weighted by molar-refractivity contribution is 9.10. The van der Waals surface area contributed by atoms with Crippen LogP contribution in [0, 0.1) is 19.7 Å². The zero-order valence-corrected chi connectivity index (χ0v) is 47.0. The number of halogens is 1. The summed E-state index contributed by atoms with van der Waals surface area (Å²) in [5.74, 6) is 1.97.